The maximum atomic E-state index is 11.7. The van der Waals surface area contributed by atoms with E-state index in [1.54, 1.807) is 23.6 Å². The highest BCUT2D eigenvalue weighted by molar-refractivity contribution is 7.20. The largest absolute Gasteiger partial charge is 0.461 e. The van der Waals surface area contributed by atoms with Crippen LogP contribution in [-0.2, 0) is 4.74 Å². The highest BCUT2D eigenvalue weighted by Crippen LogP contribution is 2.32. The Hall–Kier alpha value is -4.16. The maximum Gasteiger partial charge on any atom is 0.357 e. The normalized spacial score (nSPS) is 13.0. The quantitative estimate of drug-likeness (QED) is 0.0840. The van der Waals surface area contributed by atoms with Gasteiger partial charge in [-0.3, -0.25) is 16.3 Å². The molecular formula is C27H30N8O2S2. The Morgan fingerprint density at radius 1 is 0.974 bits per heavy atom. The summed E-state index contributed by atoms with van der Waals surface area (Å²) in [5.41, 5.74) is 17.2. The third-order valence-electron chi connectivity index (χ3n) is 5.98. The molecule has 202 valence electrons. The molecule has 0 unspecified atom stereocenters. The number of azo groups is 1. The molecule has 1 aliphatic rings. The van der Waals surface area contributed by atoms with Crippen molar-refractivity contribution in [2.24, 2.45) is 10.2 Å². The van der Waals surface area contributed by atoms with Crippen LogP contribution in [0.4, 0.5) is 37.9 Å². The lowest BCUT2D eigenvalue weighted by atomic mass is 10.2. The number of thiophene rings is 1. The number of aryl methyl sites for hydroxylation is 1. The van der Waals surface area contributed by atoms with Gasteiger partial charge in [0.05, 0.1) is 34.4 Å². The van der Waals surface area contributed by atoms with Gasteiger partial charge >= 0.3 is 5.97 Å². The first-order chi connectivity index (χ1) is 19.1. The second-order valence-electron chi connectivity index (χ2n) is 8.84. The molecule has 2 aromatic carbocycles. The zero-order chi connectivity index (χ0) is 27.0. The van der Waals surface area contributed by atoms with E-state index in [1.165, 1.54) is 29.2 Å². The number of benzene rings is 2. The molecule has 4 N–H and O–H groups in total. The van der Waals surface area contributed by atoms with Crippen LogP contribution in [-0.4, -0.2) is 30.6 Å². The van der Waals surface area contributed by atoms with Crippen molar-refractivity contribution >= 4 is 66.5 Å². The van der Waals surface area contributed by atoms with E-state index in [0.717, 1.165) is 46.4 Å². The molecule has 5 rings (SSSR count). The predicted molar refractivity (Wildman–Crippen MR) is 160 cm³/mol. The monoisotopic (exact) mass is 562 g/mol. The van der Waals surface area contributed by atoms with Gasteiger partial charge in [-0.2, -0.15) is 10.2 Å². The fourth-order valence-corrected chi connectivity index (χ4v) is 5.50. The SMILES string of the molecule is CCOC(=O)c1csc(NNc2ccc(N=Nc3ccc(NNc4ccc(N5CCCC5)s4)cc3C)cc2)n1. The first kappa shape index (κ1) is 26.4. The lowest BCUT2D eigenvalue weighted by Gasteiger charge is -2.14. The van der Waals surface area contributed by atoms with Crippen LogP contribution >= 0.6 is 22.7 Å². The Morgan fingerprint density at radius 3 is 2.51 bits per heavy atom. The minimum absolute atomic E-state index is 0.284. The Morgan fingerprint density at radius 2 is 1.74 bits per heavy atom. The van der Waals surface area contributed by atoms with Gasteiger partial charge in [0.25, 0.3) is 0 Å². The molecule has 0 spiro atoms. The van der Waals surface area contributed by atoms with E-state index < -0.39 is 5.97 Å². The predicted octanol–water partition coefficient (Wildman–Crippen LogP) is 7.58. The van der Waals surface area contributed by atoms with Gasteiger partial charge in [0.15, 0.2) is 5.69 Å². The van der Waals surface area contributed by atoms with Crippen molar-refractivity contribution < 1.29 is 9.53 Å². The molecule has 1 aliphatic heterocycles. The van der Waals surface area contributed by atoms with Crippen LogP contribution in [0.5, 0.6) is 0 Å². The Labute approximate surface area is 235 Å². The van der Waals surface area contributed by atoms with Crippen LogP contribution in [0.25, 0.3) is 0 Å². The van der Waals surface area contributed by atoms with E-state index in [0.29, 0.717) is 11.7 Å². The van der Waals surface area contributed by atoms with Gasteiger partial charge < -0.3 is 15.1 Å². The topological polar surface area (TPSA) is 115 Å². The Balaban J connectivity index is 1.11. The molecule has 4 aromatic rings. The second kappa shape index (κ2) is 12.6. The summed E-state index contributed by atoms with van der Waals surface area (Å²) in [7, 11) is 0. The van der Waals surface area contributed by atoms with Gasteiger partial charge in [-0.05, 0) is 86.8 Å². The summed E-state index contributed by atoms with van der Waals surface area (Å²) in [6, 6.07) is 17.8. The van der Waals surface area contributed by atoms with Gasteiger partial charge in [-0.15, -0.1) is 11.3 Å². The number of nitrogens with one attached hydrogen (secondary N) is 4. The van der Waals surface area contributed by atoms with Crippen LogP contribution < -0.4 is 26.6 Å². The van der Waals surface area contributed by atoms with Crippen molar-refractivity contribution in [1.82, 2.24) is 4.98 Å². The molecule has 0 amide bonds. The van der Waals surface area contributed by atoms with Crippen molar-refractivity contribution in [2.75, 3.05) is 46.3 Å². The molecule has 3 heterocycles. The molecular weight excluding hydrogens is 532 g/mol. The third kappa shape index (κ3) is 7.03. The third-order valence-corrected chi connectivity index (χ3v) is 7.80. The number of hydrogen-bond donors (Lipinski definition) is 4. The number of aromatic nitrogens is 1. The molecule has 0 atom stereocenters. The summed E-state index contributed by atoms with van der Waals surface area (Å²) in [4.78, 5) is 18.4. The molecule has 0 aliphatic carbocycles. The van der Waals surface area contributed by atoms with Gasteiger partial charge in [0, 0.05) is 18.5 Å². The van der Waals surface area contributed by atoms with E-state index in [4.69, 9.17) is 4.74 Å². The summed E-state index contributed by atoms with van der Waals surface area (Å²) < 4.78 is 4.96. The highest BCUT2D eigenvalue weighted by atomic mass is 32.1. The number of ether oxygens (including phenoxy) is 1. The number of esters is 1. The number of hydrazine groups is 2. The molecule has 10 nitrogen and oxygen atoms in total. The summed E-state index contributed by atoms with van der Waals surface area (Å²) >= 11 is 3.07. The van der Waals surface area contributed by atoms with E-state index in [9.17, 15) is 4.79 Å². The average molecular weight is 563 g/mol. The number of nitrogens with zero attached hydrogens (tertiary/aromatic N) is 4. The van der Waals surface area contributed by atoms with E-state index in [-0.39, 0.29) is 5.69 Å². The molecule has 39 heavy (non-hydrogen) atoms. The fraction of sp³-hybridized carbons (Fsp3) is 0.259. The van der Waals surface area contributed by atoms with Crippen LogP contribution in [0, 0.1) is 6.92 Å². The first-order valence-electron chi connectivity index (χ1n) is 12.7. The second-order valence-corrected chi connectivity index (χ2v) is 10.8. The highest BCUT2D eigenvalue weighted by Gasteiger charge is 2.14. The van der Waals surface area contributed by atoms with Crippen molar-refractivity contribution in [2.45, 2.75) is 26.7 Å². The van der Waals surface area contributed by atoms with Gasteiger partial charge in [-0.1, -0.05) is 11.3 Å². The minimum atomic E-state index is -0.431. The van der Waals surface area contributed by atoms with Crippen molar-refractivity contribution in [3.8, 4) is 0 Å². The molecule has 12 heteroatoms. The van der Waals surface area contributed by atoms with Gasteiger partial charge in [0.1, 0.15) is 5.00 Å². The standard InChI is InChI=1S/C27H30N8O2S2/c1-3-37-26(36)23-17-38-27(28-23)34-30-20-8-6-19(7-9-20)29-32-22-11-10-21(16-18(22)2)31-33-24-12-13-25(39-24)35-14-4-5-15-35/h6-13,16-17,30-31,33H,3-5,14-15H2,1-2H3,(H,28,34). The fourth-order valence-electron chi connectivity index (χ4n) is 3.96. The van der Waals surface area contributed by atoms with Crippen LogP contribution in [0.2, 0.25) is 0 Å². The molecule has 1 saturated heterocycles. The summed E-state index contributed by atoms with van der Waals surface area (Å²) in [5.74, 6) is -0.431. The van der Waals surface area contributed by atoms with Crippen LogP contribution in [0.3, 0.4) is 0 Å². The number of carbonyl (C=O) groups excluding carboxylic acids is 1. The molecule has 0 bridgehead atoms. The van der Waals surface area contributed by atoms with E-state index in [2.05, 4.69) is 53.9 Å². The Bertz CT molecular complexity index is 1430. The van der Waals surface area contributed by atoms with Gasteiger partial charge in [-0.25, -0.2) is 9.78 Å². The van der Waals surface area contributed by atoms with Crippen molar-refractivity contribution in [3.63, 3.8) is 0 Å². The molecule has 1 fully saturated rings. The zero-order valence-corrected chi connectivity index (χ0v) is 23.4. The van der Waals surface area contributed by atoms with Crippen molar-refractivity contribution in [3.05, 3.63) is 71.2 Å². The van der Waals surface area contributed by atoms with Gasteiger partial charge in [0.2, 0.25) is 5.13 Å². The molecule has 0 saturated carbocycles. The number of anilines is 5. The smallest absolute Gasteiger partial charge is 0.357 e. The zero-order valence-electron chi connectivity index (χ0n) is 21.7. The van der Waals surface area contributed by atoms with Crippen molar-refractivity contribution in [1.29, 1.82) is 0 Å². The number of rotatable bonds is 11. The molecule has 2 aromatic heterocycles. The lowest BCUT2D eigenvalue weighted by molar-refractivity contribution is 0.0520. The van der Waals surface area contributed by atoms with E-state index in [1.807, 2.05) is 49.4 Å². The average Bonchev–Trinajstić information content (AvgIpc) is 3.73. The van der Waals surface area contributed by atoms with Crippen LogP contribution in [0.15, 0.2) is 70.2 Å². The minimum Gasteiger partial charge on any atom is -0.461 e. The summed E-state index contributed by atoms with van der Waals surface area (Å²) in [6.07, 6.45) is 2.55. The number of carbonyl (C=O) groups is 1. The van der Waals surface area contributed by atoms with Crippen LogP contribution in [0.1, 0.15) is 35.8 Å². The maximum absolute atomic E-state index is 11.7. The Kier molecular flexibility index (Phi) is 8.54. The van der Waals surface area contributed by atoms with E-state index >= 15 is 0 Å². The number of hydrogen-bond acceptors (Lipinski definition) is 12. The summed E-state index contributed by atoms with van der Waals surface area (Å²) in [5, 5.41) is 13.4. The molecule has 0 radical (unpaired) electrons. The number of thiazole rings is 1. The first-order valence-corrected chi connectivity index (χ1v) is 14.4. The lowest BCUT2D eigenvalue weighted by Crippen LogP contribution is -2.15. The summed E-state index contributed by atoms with van der Waals surface area (Å²) in [6.45, 7) is 6.39.